The van der Waals surface area contributed by atoms with Crippen molar-refractivity contribution in [2.45, 2.75) is 38.8 Å². The van der Waals surface area contributed by atoms with Crippen molar-refractivity contribution in [2.75, 3.05) is 6.61 Å². The minimum atomic E-state index is -4.15. The van der Waals surface area contributed by atoms with Crippen LogP contribution >= 0.6 is 7.60 Å². The summed E-state index contributed by atoms with van der Waals surface area (Å²) in [6.45, 7) is 4.60. The second kappa shape index (κ2) is 7.05. The summed E-state index contributed by atoms with van der Waals surface area (Å²) in [4.78, 5) is 20.4. The van der Waals surface area contributed by atoms with Crippen LogP contribution in [-0.4, -0.2) is 22.6 Å². The van der Waals surface area contributed by atoms with Gasteiger partial charge in [0.25, 0.3) is 0 Å². The number of hydrogen-bond acceptors (Lipinski definition) is 4. The van der Waals surface area contributed by atoms with E-state index >= 15 is 0 Å². The Balaban J connectivity index is 0. The number of carbonyl (C=O) groups excluding carboxylic acids is 1. The van der Waals surface area contributed by atoms with Crippen molar-refractivity contribution < 1.29 is 53.4 Å². The molecule has 0 aromatic heterocycles. The van der Waals surface area contributed by atoms with Gasteiger partial charge in [-0.05, 0) is 19.8 Å². The van der Waals surface area contributed by atoms with Crippen LogP contribution < -0.4 is 34.7 Å². The van der Waals surface area contributed by atoms with E-state index in [9.17, 15) is 19.4 Å². The molecule has 0 fully saturated rings. The van der Waals surface area contributed by atoms with Gasteiger partial charge in [0.05, 0.1) is 12.6 Å². The molecule has 0 bridgehead atoms. The summed E-state index contributed by atoms with van der Waals surface area (Å²) >= 11 is 0. The molecule has 84 valence electrons. The molecule has 5 nitrogen and oxygen atoms in total. The first-order chi connectivity index (χ1) is 6.38. The Morgan fingerprint density at radius 2 is 1.80 bits per heavy atom. The van der Waals surface area contributed by atoms with Crippen molar-refractivity contribution in [2.24, 2.45) is 0 Å². The summed E-state index contributed by atoms with van der Waals surface area (Å²) in [5, 5.41) is 9.11. The van der Waals surface area contributed by atoms with E-state index in [1.54, 1.807) is 0 Å². The number of carboxylic acid groups (broad SMARTS) is 1. The van der Waals surface area contributed by atoms with E-state index in [4.69, 9.17) is 0 Å². The molecule has 0 aromatic rings. The molecule has 1 unspecified atom stereocenters. The van der Waals surface area contributed by atoms with Gasteiger partial charge in [0.15, 0.2) is 0 Å². The summed E-state index contributed by atoms with van der Waals surface area (Å²) in [6, 6.07) is 0. The molecule has 0 saturated carbocycles. The smallest absolute Gasteiger partial charge is 0.549 e. The number of carboxylic acids is 1. The first kappa shape index (κ1) is 18.0. The Labute approximate surface area is 112 Å². The fourth-order valence-corrected chi connectivity index (χ4v) is 2.98. The van der Waals surface area contributed by atoms with Crippen LogP contribution in [0.2, 0.25) is 0 Å². The molecule has 7 heteroatoms. The van der Waals surface area contributed by atoms with Crippen molar-refractivity contribution in [3.63, 3.8) is 0 Å². The van der Waals surface area contributed by atoms with Gasteiger partial charge in [0, 0.05) is 0 Å². The average Bonchev–Trinajstić information content (AvgIpc) is 2.05. The van der Waals surface area contributed by atoms with Crippen molar-refractivity contribution in [3.05, 3.63) is 0 Å². The van der Waals surface area contributed by atoms with Gasteiger partial charge in [0.2, 0.25) is 0 Å². The molecule has 1 N–H and O–H groups in total. The van der Waals surface area contributed by atoms with Crippen LogP contribution in [0.5, 0.6) is 0 Å². The van der Waals surface area contributed by atoms with E-state index in [-0.39, 0.29) is 49.0 Å². The molecule has 1 atom stereocenters. The third kappa shape index (κ3) is 3.55. The zero-order valence-electron chi connectivity index (χ0n) is 9.65. The SMILES string of the molecule is CCOP(=O)(O)C(CC)(CC)C(=O)[O-].[Na+]. The van der Waals surface area contributed by atoms with Crippen LogP contribution in [-0.2, 0) is 13.9 Å². The quantitative estimate of drug-likeness (QED) is 0.414. The average molecular weight is 246 g/mol. The van der Waals surface area contributed by atoms with Crippen LogP contribution in [0.25, 0.3) is 0 Å². The zero-order chi connectivity index (χ0) is 11.4. The van der Waals surface area contributed by atoms with Crippen LogP contribution in [0.3, 0.4) is 0 Å². The Hall–Kier alpha value is 0.620. The van der Waals surface area contributed by atoms with Crippen LogP contribution in [0.1, 0.15) is 33.6 Å². The Bertz CT molecular complexity index is 251. The summed E-state index contributed by atoms with van der Waals surface area (Å²) in [5.74, 6) is -1.53. The van der Waals surface area contributed by atoms with Gasteiger partial charge < -0.3 is 19.3 Å². The second-order valence-corrected chi connectivity index (χ2v) is 5.12. The van der Waals surface area contributed by atoms with Gasteiger partial charge in [-0.15, -0.1) is 0 Å². The molecular weight excluding hydrogens is 230 g/mol. The van der Waals surface area contributed by atoms with Crippen LogP contribution in [0.15, 0.2) is 0 Å². The fraction of sp³-hybridized carbons (Fsp3) is 0.875. The number of aliphatic carboxylic acids is 1. The second-order valence-electron chi connectivity index (χ2n) is 2.96. The van der Waals surface area contributed by atoms with E-state index < -0.39 is 18.7 Å². The molecule has 0 spiro atoms. The van der Waals surface area contributed by atoms with Gasteiger partial charge in [-0.1, -0.05) is 13.8 Å². The van der Waals surface area contributed by atoms with Gasteiger partial charge in [-0.2, -0.15) is 0 Å². The van der Waals surface area contributed by atoms with Crippen molar-refractivity contribution in [1.82, 2.24) is 0 Å². The number of carbonyl (C=O) groups is 1. The van der Waals surface area contributed by atoms with Crippen LogP contribution in [0.4, 0.5) is 0 Å². The Morgan fingerprint density at radius 3 is 2.00 bits per heavy atom. The molecule has 0 aliphatic carbocycles. The first-order valence-electron chi connectivity index (χ1n) is 4.56. The largest absolute Gasteiger partial charge is 1.00 e. The van der Waals surface area contributed by atoms with Crippen LogP contribution in [0, 0.1) is 0 Å². The minimum Gasteiger partial charge on any atom is -0.549 e. The standard InChI is InChI=1S/C8H17O5P.Na/c1-4-8(5-2,7(9)10)14(11,12)13-6-3;/h4-6H2,1-3H3,(H,9,10)(H,11,12);/q;+1/p-1. The number of rotatable bonds is 6. The molecule has 0 rings (SSSR count). The topological polar surface area (TPSA) is 86.7 Å². The monoisotopic (exact) mass is 246 g/mol. The zero-order valence-corrected chi connectivity index (χ0v) is 12.5. The summed E-state index contributed by atoms with van der Waals surface area (Å²) < 4.78 is 16.3. The first-order valence-corrected chi connectivity index (χ1v) is 6.14. The maximum absolute atomic E-state index is 11.7. The fourth-order valence-electron chi connectivity index (χ4n) is 1.35. The predicted molar refractivity (Wildman–Crippen MR) is 49.8 cm³/mol. The van der Waals surface area contributed by atoms with E-state index in [0.29, 0.717) is 0 Å². The summed E-state index contributed by atoms with van der Waals surface area (Å²) in [5.41, 5.74) is 0. The Kier molecular flexibility index (Phi) is 8.45. The maximum atomic E-state index is 11.7. The third-order valence-electron chi connectivity index (χ3n) is 2.39. The molecule has 0 heterocycles. The maximum Gasteiger partial charge on any atom is 1.00 e. The van der Waals surface area contributed by atoms with Gasteiger partial charge in [-0.3, -0.25) is 4.57 Å². The minimum absolute atomic E-state index is 0. The molecule has 0 aromatic carbocycles. The third-order valence-corrected chi connectivity index (χ3v) is 4.90. The molecular formula is C8H16NaO5P. The van der Waals surface area contributed by atoms with E-state index in [0.717, 1.165) is 0 Å². The van der Waals surface area contributed by atoms with E-state index in [1.165, 1.54) is 20.8 Å². The summed E-state index contributed by atoms with van der Waals surface area (Å²) in [7, 11) is -4.15. The normalized spacial score (nSPS) is 15.2. The predicted octanol–water partition coefficient (Wildman–Crippen LogP) is -2.48. The summed E-state index contributed by atoms with van der Waals surface area (Å²) in [6.07, 6.45) is 0.0270. The number of hydrogen-bond donors (Lipinski definition) is 1. The molecule has 0 saturated heterocycles. The van der Waals surface area contributed by atoms with Gasteiger partial charge in [0.1, 0.15) is 5.16 Å². The molecule has 0 aliphatic heterocycles. The van der Waals surface area contributed by atoms with Gasteiger partial charge >= 0.3 is 37.2 Å². The molecule has 0 amide bonds. The Morgan fingerprint density at radius 1 is 1.40 bits per heavy atom. The molecule has 15 heavy (non-hydrogen) atoms. The van der Waals surface area contributed by atoms with Crippen molar-refractivity contribution in [1.29, 1.82) is 0 Å². The van der Waals surface area contributed by atoms with E-state index in [2.05, 4.69) is 4.52 Å². The van der Waals surface area contributed by atoms with E-state index in [1.807, 2.05) is 0 Å². The van der Waals surface area contributed by atoms with Crippen molar-refractivity contribution in [3.8, 4) is 0 Å². The van der Waals surface area contributed by atoms with Crippen molar-refractivity contribution >= 4 is 13.6 Å². The van der Waals surface area contributed by atoms with Gasteiger partial charge in [-0.25, -0.2) is 0 Å². The molecule has 0 radical (unpaired) electrons. The molecule has 0 aliphatic rings.